The van der Waals surface area contributed by atoms with Crippen LogP contribution in [-0.4, -0.2) is 55.9 Å². The third-order valence-corrected chi connectivity index (χ3v) is 10.8. The summed E-state index contributed by atoms with van der Waals surface area (Å²) in [5.74, 6) is -5.25. The summed E-state index contributed by atoms with van der Waals surface area (Å²) < 4.78 is 5.19. The summed E-state index contributed by atoms with van der Waals surface area (Å²) in [6.07, 6.45) is 1.95. The highest BCUT2D eigenvalue weighted by atomic mass is 79.9. The van der Waals surface area contributed by atoms with E-state index in [0.29, 0.717) is 21.8 Å². The summed E-state index contributed by atoms with van der Waals surface area (Å²) in [7, 11) is 1.41. The second-order valence-corrected chi connectivity index (χ2v) is 12.6. The van der Waals surface area contributed by atoms with Crippen LogP contribution in [0.2, 0.25) is 5.02 Å². The van der Waals surface area contributed by atoms with Crippen molar-refractivity contribution in [1.82, 2.24) is 4.90 Å². The fourth-order valence-electron chi connectivity index (χ4n) is 6.86. The second kappa shape index (κ2) is 9.48. The normalized spacial score (nSPS) is 33.1. The number of anilines is 1. The maximum atomic E-state index is 14.0. The van der Waals surface area contributed by atoms with Crippen LogP contribution in [0, 0.1) is 17.8 Å². The van der Waals surface area contributed by atoms with Gasteiger partial charge in [-0.1, -0.05) is 45.2 Å². The molecule has 0 aromatic heterocycles. The Labute approximate surface area is 252 Å². The maximum absolute atomic E-state index is 14.0. The zero-order chi connectivity index (χ0) is 28.7. The topological polar surface area (TPSA) is 104 Å². The van der Waals surface area contributed by atoms with E-state index in [1.807, 2.05) is 6.08 Å². The number of rotatable bonds is 4. The number of ether oxygens (including phenoxy) is 1. The number of carbonyl (C=O) groups excluding carboxylic acids is 4. The highest BCUT2D eigenvalue weighted by Gasteiger charge is 2.76. The molecule has 4 aliphatic rings. The second-order valence-electron chi connectivity index (χ2n) is 10.4. The van der Waals surface area contributed by atoms with Crippen molar-refractivity contribution < 1.29 is 29.0 Å². The number of methoxy groups -OCH3 is 1. The third-order valence-electron chi connectivity index (χ3n) is 8.64. The van der Waals surface area contributed by atoms with Crippen molar-refractivity contribution in [3.05, 3.63) is 64.7 Å². The largest absolute Gasteiger partial charge is 0.504 e. The molecule has 2 aromatic rings. The zero-order valence-electron chi connectivity index (χ0n) is 20.9. The number of alkyl halides is 3. The Kier molecular flexibility index (Phi) is 6.53. The number of phenols is 1. The summed E-state index contributed by atoms with van der Waals surface area (Å²) in [6, 6.07) is 11.0. The number of halogens is 4. The van der Waals surface area contributed by atoms with Gasteiger partial charge in [-0.25, -0.2) is 0 Å². The van der Waals surface area contributed by atoms with Crippen molar-refractivity contribution in [2.45, 2.75) is 28.5 Å². The van der Waals surface area contributed by atoms with E-state index >= 15 is 0 Å². The highest BCUT2D eigenvalue weighted by Crippen LogP contribution is 2.65. The summed E-state index contributed by atoms with van der Waals surface area (Å²) in [5.41, 5.74) is 1.34. The number of phenolic OH excluding ortho intramolecular Hbond substituents is 1. The van der Waals surface area contributed by atoms with Crippen molar-refractivity contribution in [2.75, 3.05) is 17.5 Å². The van der Waals surface area contributed by atoms with Crippen molar-refractivity contribution in [3.8, 4) is 11.5 Å². The molecular weight excluding hydrogens is 647 g/mol. The van der Waals surface area contributed by atoms with Crippen molar-refractivity contribution >= 4 is 80.0 Å². The van der Waals surface area contributed by atoms with E-state index in [9.17, 15) is 24.3 Å². The molecule has 0 radical (unpaired) electrons. The molecule has 2 heterocycles. The average molecular weight is 669 g/mol. The summed E-state index contributed by atoms with van der Waals surface area (Å²) >= 11 is 23.6. The molecule has 0 spiro atoms. The Morgan fingerprint density at radius 1 is 1.02 bits per heavy atom. The highest BCUT2D eigenvalue weighted by molar-refractivity contribution is 9.09. The maximum Gasteiger partial charge on any atom is 0.254 e. The number of aromatic hydroxyl groups is 1. The molecule has 0 bridgehead atoms. The number of fused-ring (bicyclic) bond motifs is 4. The molecule has 1 saturated carbocycles. The molecule has 1 N–H and O–H groups in total. The number of benzene rings is 2. The lowest BCUT2D eigenvalue weighted by molar-refractivity contribution is -0.138. The smallest absolute Gasteiger partial charge is 0.254 e. The molecule has 4 amide bonds. The number of nitrogens with zero attached hydrogens (tertiary/aromatic N) is 2. The summed E-state index contributed by atoms with van der Waals surface area (Å²) in [4.78, 5) is 53.2. The van der Waals surface area contributed by atoms with Crippen LogP contribution in [0.4, 0.5) is 5.69 Å². The molecule has 8 nitrogen and oxygen atoms in total. The molecule has 2 aromatic carbocycles. The summed E-state index contributed by atoms with van der Waals surface area (Å²) in [6.45, 7) is 0. The number of allylic oxidation sites excluding steroid dienone is 2. The first kappa shape index (κ1) is 27.6. The van der Waals surface area contributed by atoms with Crippen LogP contribution in [0.15, 0.2) is 54.1 Å². The molecule has 208 valence electrons. The van der Waals surface area contributed by atoms with Crippen LogP contribution >= 0.6 is 50.7 Å². The number of hydrogen-bond acceptors (Lipinski definition) is 6. The van der Waals surface area contributed by atoms with E-state index < -0.39 is 51.1 Å². The van der Waals surface area contributed by atoms with Gasteiger partial charge in [-0.2, -0.15) is 0 Å². The summed E-state index contributed by atoms with van der Waals surface area (Å²) in [5, 5.41) is 11.1. The van der Waals surface area contributed by atoms with Gasteiger partial charge in [0.2, 0.25) is 11.8 Å². The van der Waals surface area contributed by atoms with Gasteiger partial charge in [-0.3, -0.25) is 29.0 Å². The first-order valence-electron chi connectivity index (χ1n) is 12.5. The predicted octanol–water partition coefficient (Wildman–Crippen LogP) is 4.97. The fourth-order valence-corrected chi connectivity index (χ4v) is 8.41. The van der Waals surface area contributed by atoms with Gasteiger partial charge in [0.1, 0.15) is 0 Å². The van der Waals surface area contributed by atoms with Crippen molar-refractivity contribution in [1.29, 1.82) is 0 Å². The van der Waals surface area contributed by atoms with Gasteiger partial charge < -0.3 is 9.84 Å². The lowest BCUT2D eigenvalue weighted by atomic mass is 9.56. The van der Waals surface area contributed by atoms with E-state index in [2.05, 4.69) is 15.9 Å². The van der Waals surface area contributed by atoms with Gasteiger partial charge in [0.25, 0.3) is 11.8 Å². The quantitative estimate of drug-likeness (QED) is 0.214. The first-order valence-corrected chi connectivity index (χ1v) is 14.8. The molecular formula is C28H22BrCl3N2O6. The lowest BCUT2D eigenvalue weighted by Gasteiger charge is -2.50. The van der Waals surface area contributed by atoms with Crippen LogP contribution in [0.5, 0.6) is 11.5 Å². The molecule has 6 atom stereocenters. The van der Waals surface area contributed by atoms with Gasteiger partial charge in [-0.15, -0.1) is 23.2 Å². The molecule has 6 rings (SSSR count). The van der Waals surface area contributed by atoms with Gasteiger partial charge in [0.15, 0.2) is 21.2 Å². The number of amides is 4. The van der Waals surface area contributed by atoms with Crippen LogP contribution in [-0.2, 0) is 19.2 Å². The lowest BCUT2D eigenvalue weighted by Crippen LogP contribution is -2.60. The minimum Gasteiger partial charge on any atom is -0.504 e. The Morgan fingerprint density at radius 2 is 1.73 bits per heavy atom. The average Bonchev–Trinajstić information content (AvgIpc) is 3.27. The molecule has 12 heteroatoms. The molecule has 0 unspecified atom stereocenters. The standard InChI is InChI=1S/C28H22BrCl3N2O6/c1-40-20-9-2-13(10-19(20)35)22-16-7-8-17-21(24(37)34(23(17)36)15-5-3-14(30)4-6-15)18(16)11-27(31)25(38)33(12-29)26(39)28(22,27)32/h2-7,9-10,17-18,21-22,35H,8,11-12H2,1H3/t17-,18+,21-,22-,27+,28-/m0/s1. The van der Waals surface area contributed by atoms with E-state index in [0.717, 1.165) is 9.80 Å². The van der Waals surface area contributed by atoms with Crippen LogP contribution in [0.1, 0.15) is 24.3 Å². The van der Waals surface area contributed by atoms with E-state index in [1.54, 1.807) is 30.3 Å². The van der Waals surface area contributed by atoms with Crippen LogP contribution in [0.3, 0.4) is 0 Å². The van der Waals surface area contributed by atoms with E-state index in [4.69, 9.17) is 39.5 Å². The van der Waals surface area contributed by atoms with E-state index in [1.165, 1.54) is 19.2 Å². The van der Waals surface area contributed by atoms with Crippen molar-refractivity contribution in [2.24, 2.45) is 17.8 Å². The Bertz CT molecular complexity index is 1520. The fraction of sp³-hybridized carbons (Fsp3) is 0.357. The molecule has 2 aliphatic carbocycles. The monoisotopic (exact) mass is 666 g/mol. The Morgan fingerprint density at radius 3 is 2.35 bits per heavy atom. The van der Waals surface area contributed by atoms with Crippen LogP contribution < -0.4 is 9.64 Å². The minimum atomic E-state index is -1.95. The Balaban J connectivity index is 1.52. The predicted molar refractivity (Wildman–Crippen MR) is 152 cm³/mol. The molecule has 2 saturated heterocycles. The minimum absolute atomic E-state index is 0.119. The SMILES string of the molecule is COc1ccc([C@H]2C3=CC[C@@H]4C(=O)N(c5ccc(Cl)cc5)C(=O)[C@@H]4[C@@H]3C[C@@]3(Cl)C(=O)N(CBr)C(=O)[C@@]23Cl)cc1O. The van der Waals surface area contributed by atoms with Gasteiger partial charge in [0.05, 0.1) is 30.1 Å². The van der Waals surface area contributed by atoms with Gasteiger partial charge in [0, 0.05) is 10.9 Å². The number of carbonyl (C=O) groups is 4. The molecule has 40 heavy (non-hydrogen) atoms. The molecule has 3 fully saturated rings. The third kappa shape index (κ3) is 3.50. The van der Waals surface area contributed by atoms with Crippen LogP contribution in [0.25, 0.3) is 0 Å². The number of imide groups is 2. The number of hydrogen-bond donors (Lipinski definition) is 1. The number of likely N-dealkylation sites (tertiary alicyclic amines) is 1. The molecule has 2 aliphatic heterocycles. The first-order chi connectivity index (χ1) is 19.0. The zero-order valence-corrected chi connectivity index (χ0v) is 24.8. The van der Waals surface area contributed by atoms with Gasteiger partial charge >= 0.3 is 0 Å². The Hall–Kier alpha value is -2.59. The van der Waals surface area contributed by atoms with Gasteiger partial charge in [-0.05, 0) is 60.7 Å². The van der Waals surface area contributed by atoms with Crippen molar-refractivity contribution in [3.63, 3.8) is 0 Å². The van der Waals surface area contributed by atoms with E-state index in [-0.39, 0.29) is 35.7 Å².